The summed E-state index contributed by atoms with van der Waals surface area (Å²) < 4.78 is 22.9. The molecule has 0 aromatic heterocycles. The van der Waals surface area contributed by atoms with Crippen LogP contribution in [0.25, 0.3) is 0 Å². The summed E-state index contributed by atoms with van der Waals surface area (Å²) in [6.45, 7) is 6.82. The van der Waals surface area contributed by atoms with Crippen LogP contribution >= 0.6 is 12.4 Å². The second kappa shape index (κ2) is 10.9. The molecule has 0 unspecified atom stereocenters. The number of nitrogens with one attached hydrogen (secondary N) is 1. The first-order valence-corrected chi connectivity index (χ1v) is 10.2. The SMILES string of the molecule is CCOc1cccc(CNCc2ccc3c(c2)OCO3)c1OCc1ccc(C)cc1.Cl. The number of benzene rings is 3. The fraction of sp³-hybridized carbons (Fsp3) is 0.280. The van der Waals surface area contributed by atoms with E-state index in [-0.39, 0.29) is 19.2 Å². The zero-order chi connectivity index (χ0) is 20.8. The van der Waals surface area contributed by atoms with E-state index < -0.39 is 0 Å². The summed E-state index contributed by atoms with van der Waals surface area (Å²) in [6, 6.07) is 20.4. The van der Waals surface area contributed by atoms with Crippen LogP contribution in [0.3, 0.4) is 0 Å². The van der Waals surface area contributed by atoms with Crippen molar-refractivity contribution in [2.45, 2.75) is 33.5 Å². The standard InChI is InChI=1S/C25H27NO4.ClH/c1-3-27-23-6-4-5-21(25(23)28-16-19-9-7-18(2)8-10-19)15-26-14-20-11-12-22-24(13-20)30-17-29-22;/h4-13,26H,3,14-17H2,1-2H3;1H. The molecule has 0 saturated heterocycles. The summed E-state index contributed by atoms with van der Waals surface area (Å²) in [5.74, 6) is 3.16. The number of para-hydroxylation sites is 1. The number of hydrogen-bond acceptors (Lipinski definition) is 5. The van der Waals surface area contributed by atoms with Crippen molar-refractivity contribution in [1.29, 1.82) is 0 Å². The number of hydrogen-bond donors (Lipinski definition) is 1. The third-order valence-electron chi connectivity index (χ3n) is 4.95. The van der Waals surface area contributed by atoms with Gasteiger partial charge >= 0.3 is 0 Å². The lowest BCUT2D eigenvalue weighted by molar-refractivity contribution is 0.174. The Bertz CT molecular complexity index is 991. The molecule has 0 fully saturated rings. The number of ether oxygens (including phenoxy) is 4. The highest BCUT2D eigenvalue weighted by molar-refractivity contribution is 5.85. The predicted molar refractivity (Wildman–Crippen MR) is 123 cm³/mol. The zero-order valence-electron chi connectivity index (χ0n) is 17.9. The van der Waals surface area contributed by atoms with Crippen molar-refractivity contribution in [3.8, 4) is 23.0 Å². The molecule has 164 valence electrons. The molecule has 0 spiro atoms. The molecule has 1 N–H and O–H groups in total. The van der Waals surface area contributed by atoms with E-state index in [1.54, 1.807) is 0 Å². The van der Waals surface area contributed by atoms with Gasteiger partial charge in [-0.25, -0.2) is 0 Å². The molecule has 31 heavy (non-hydrogen) atoms. The van der Waals surface area contributed by atoms with E-state index >= 15 is 0 Å². The van der Waals surface area contributed by atoms with Crippen molar-refractivity contribution in [3.63, 3.8) is 0 Å². The summed E-state index contributed by atoms with van der Waals surface area (Å²) in [4.78, 5) is 0. The van der Waals surface area contributed by atoms with E-state index in [2.05, 4.69) is 42.6 Å². The molecular weight excluding hydrogens is 414 g/mol. The van der Waals surface area contributed by atoms with Gasteiger partial charge < -0.3 is 24.3 Å². The average molecular weight is 442 g/mol. The fourth-order valence-corrected chi connectivity index (χ4v) is 3.37. The Morgan fingerprint density at radius 2 is 1.65 bits per heavy atom. The Morgan fingerprint density at radius 3 is 2.45 bits per heavy atom. The average Bonchev–Trinajstić information content (AvgIpc) is 3.22. The maximum absolute atomic E-state index is 6.21. The highest BCUT2D eigenvalue weighted by atomic mass is 35.5. The normalized spacial score (nSPS) is 11.7. The summed E-state index contributed by atoms with van der Waals surface area (Å²) in [5, 5.41) is 3.49. The van der Waals surface area contributed by atoms with Gasteiger partial charge in [-0.1, -0.05) is 48.0 Å². The molecule has 4 rings (SSSR count). The van der Waals surface area contributed by atoms with Crippen molar-refractivity contribution < 1.29 is 18.9 Å². The molecule has 0 aliphatic carbocycles. The Morgan fingerprint density at radius 1 is 0.871 bits per heavy atom. The van der Waals surface area contributed by atoms with E-state index in [0.29, 0.717) is 26.3 Å². The molecule has 0 saturated carbocycles. The molecule has 1 aliphatic rings. The van der Waals surface area contributed by atoms with Crippen molar-refractivity contribution in [3.05, 3.63) is 82.9 Å². The Hall–Kier alpha value is -2.89. The Labute approximate surface area is 189 Å². The first kappa shape index (κ1) is 22.8. The predicted octanol–water partition coefficient (Wildman–Crippen LogP) is 5.41. The molecular formula is C25H28ClNO4. The van der Waals surface area contributed by atoms with Gasteiger partial charge in [-0.05, 0) is 43.2 Å². The molecule has 5 nitrogen and oxygen atoms in total. The van der Waals surface area contributed by atoms with Gasteiger partial charge in [-0.3, -0.25) is 0 Å². The van der Waals surface area contributed by atoms with Crippen LogP contribution in [0.4, 0.5) is 0 Å². The van der Waals surface area contributed by atoms with Crippen LogP contribution in [-0.2, 0) is 19.7 Å². The maximum Gasteiger partial charge on any atom is 0.231 e. The molecule has 1 heterocycles. The van der Waals surface area contributed by atoms with E-state index in [0.717, 1.165) is 39.7 Å². The molecule has 3 aromatic carbocycles. The molecule has 1 aliphatic heterocycles. The van der Waals surface area contributed by atoms with Crippen molar-refractivity contribution in [2.24, 2.45) is 0 Å². The molecule has 6 heteroatoms. The second-order valence-electron chi connectivity index (χ2n) is 7.24. The molecule has 0 atom stereocenters. The summed E-state index contributed by atoms with van der Waals surface area (Å²) >= 11 is 0. The lowest BCUT2D eigenvalue weighted by Gasteiger charge is -2.17. The van der Waals surface area contributed by atoms with Crippen LogP contribution in [0.1, 0.15) is 29.2 Å². The van der Waals surface area contributed by atoms with Crippen LogP contribution in [-0.4, -0.2) is 13.4 Å². The molecule has 0 amide bonds. The van der Waals surface area contributed by atoms with Crippen LogP contribution < -0.4 is 24.3 Å². The Balaban J connectivity index is 0.00000272. The van der Waals surface area contributed by atoms with Gasteiger partial charge in [-0.15, -0.1) is 12.4 Å². The van der Waals surface area contributed by atoms with Gasteiger partial charge in [0.15, 0.2) is 23.0 Å². The molecule has 0 bridgehead atoms. The van der Waals surface area contributed by atoms with Gasteiger partial charge in [0.2, 0.25) is 6.79 Å². The monoisotopic (exact) mass is 441 g/mol. The summed E-state index contributed by atoms with van der Waals surface area (Å²) in [5.41, 5.74) is 4.57. The van der Waals surface area contributed by atoms with Gasteiger partial charge in [-0.2, -0.15) is 0 Å². The van der Waals surface area contributed by atoms with Gasteiger partial charge in [0.25, 0.3) is 0 Å². The molecule has 3 aromatic rings. The van der Waals surface area contributed by atoms with Crippen molar-refractivity contribution >= 4 is 12.4 Å². The maximum atomic E-state index is 6.21. The largest absolute Gasteiger partial charge is 0.490 e. The third-order valence-corrected chi connectivity index (χ3v) is 4.95. The minimum absolute atomic E-state index is 0. The number of aryl methyl sites for hydroxylation is 1. The topological polar surface area (TPSA) is 49.0 Å². The minimum Gasteiger partial charge on any atom is -0.490 e. The van der Waals surface area contributed by atoms with Gasteiger partial charge in [0.1, 0.15) is 6.61 Å². The lowest BCUT2D eigenvalue weighted by Crippen LogP contribution is -2.14. The van der Waals surface area contributed by atoms with E-state index in [9.17, 15) is 0 Å². The van der Waals surface area contributed by atoms with Crippen LogP contribution in [0.2, 0.25) is 0 Å². The number of fused-ring (bicyclic) bond motifs is 1. The second-order valence-corrected chi connectivity index (χ2v) is 7.24. The van der Waals surface area contributed by atoms with Gasteiger partial charge in [0, 0.05) is 18.7 Å². The summed E-state index contributed by atoms with van der Waals surface area (Å²) in [7, 11) is 0. The van der Waals surface area contributed by atoms with Crippen LogP contribution in [0, 0.1) is 6.92 Å². The highest BCUT2D eigenvalue weighted by Gasteiger charge is 2.14. The third kappa shape index (κ3) is 5.84. The first-order chi connectivity index (χ1) is 14.7. The Kier molecular flexibility index (Phi) is 8.04. The van der Waals surface area contributed by atoms with E-state index in [1.165, 1.54) is 5.56 Å². The van der Waals surface area contributed by atoms with Gasteiger partial charge in [0.05, 0.1) is 6.61 Å². The van der Waals surface area contributed by atoms with Crippen molar-refractivity contribution in [2.75, 3.05) is 13.4 Å². The number of halogens is 1. The first-order valence-electron chi connectivity index (χ1n) is 10.2. The summed E-state index contributed by atoms with van der Waals surface area (Å²) in [6.07, 6.45) is 0. The van der Waals surface area contributed by atoms with E-state index in [4.69, 9.17) is 18.9 Å². The fourth-order valence-electron chi connectivity index (χ4n) is 3.37. The number of rotatable bonds is 9. The van der Waals surface area contributed by atoms with E-state index in [1.807, 2.05) is 37.3 Å². The molecule has 0 radical (unpaired) electrons. The van der Waals surface area contributed by atoms with Crippen LogP contribution in [0.15, 0.2) is 60.7 Å². The zero-order valence-corrected chi connectivity index (χ0v) is 18.7. The van der Waals surface area contributed by atoms with Crippen molar-refractivity contribution in [1.82, 2.24) is 5.32 Å². The minimum atomic E-state index is 0. The lowest BCUT2D eigenvalue weighted by atomic mass is 10.1. The smallest absolute Gasteiger partial charge is 0.231 e. The highest BCUT2D eigenvalue weighted by Crippen LogP contribution is 2.34. The quantitative estimate of drug-likeness (QED) is 0.481. The van der Waals surface area contributed by atoms with Crippen LogP contribution in [0.5, 0.6) is 23.0 Å².